The summed E-state index contributed by atoms with van der Waals surface area (Å²) >= 11 is 0. The summed E-state index contributed by atoms with van der Waals surface area (Å²) in [5.74, 6) is -0.0423. The van der Waals surface area contributed by atoms with Crippen molar-refractivity contribution >= 4 is 11.9 Å². The summed E-state index contributed by atoms with van der Waals surface area (Å²) in [5, 5.41) is 12.2. The predicted octanol–water partition coefficient (Wildman–Crippen LogP) is 2.74. The van der Waals surface area contributed by atoms with Crippen molar-refractivity contribution in [3.63, 3.8) is 0 Å². The van der Waals surface area contributed by atoms with E-state index in [1.807, 2.05) is 0 Å². The zero-order valence-corrected chi connectivity index (χ0v) is 11.9. The Kier molecular flexibility index (Phi) is 4.16. The maximum atomic E-state index is 12.1. The molecule has 110 valence electrons. The minimum absolute atomic E-state index is 0.167. The molecule has 0 radical (unpaired) electrons. The second kappa shape index (κ2) is 5.69. The number of carbonyl (C=O) groups excluding carboxylic acids is 1. The molecule has 0 aliphatic heterocycles. The van der Waals surface area contributed by atoms with E-state index < -0.39 is 17.4 Å². The van der Waals surface area contributed by atoms with Crippen LogP contribution in [-0.2, 0) is 4.79 Å². The lowest BCUT2D eigenvalue weighted by Crippen LogP contribution is -2.56. The molecule has 1 amide bonds. The molecule has 0 unspecified atom stereocenters. The van der Waals surface area contributed by atoms with Gasteiger partial charge in [0.1, 0.15) is 11.3 Å². The van der Waals surface area contributed by atoms with E-state index in [0.29, 0.717) is 24.5 Å². The summed E-state index contributed by atoms with van der Waals surface area (Å²) in [6, 6.07) is 3.26. The van der Waals surface area contributed by atoms with Gasteiger partial charge in [0.15, 0.2) is 5.76 Å². The van der Waals surface area contributed by atoms with Crippen LogP contribution >= 0.6 is 0 Å². The molecule has 2 N–H and O–H groups in total. The van der Waals surface area contributed by atoms with Crippen molar-refractivity contribution < 1.29 is 19.1 Å². The summed E-state index contributed by atoms with van der Waals surface area (Å²) in [6.07, 6.45) is 3.68. The first-order valence-electron chi connectivity index (χ1n) is 7.09. The molecule has 1 aliphatic carbocycles. The number of carboxylic acids is 1. The van der Waals surface area contributed by atoms with E-state index in [-0.39, 0.29) is 5.76 Å². The molecule has 0 saturated heterocycles. The number of rotatable bonds is 4. The van der Waals surface area contributed by atoms with Gasteiger partial charge in [-0.05, 0) is 50.7 Å². The number of carbonyl (C=O) groups is 2. The zero-order valence-electron chi connectivity index (χ0n) is 11.9. The van der Waals surface area contributed by atoms with Gasteiger partial charge in [-0.1, -0.05) is 13.3 Å². The number of carboxylic acid groups (broad SMARTS) is 1. The lowest BCUT2D eigenvalue weighted by atomic mass is 9.75. The van der Waals surface area contributed by atoms with E-state index in [1.54, 1.807) is 19.1 Å². The molecule has 1 fully saturated rings. The van der Waals surface area contributed by atoms with Gasteiger partial charge in [-0.15, -0.1) is 0 Å². The molecule has 20 heavy (non-hydrogen) atoms. The molecular formula is C15H21NO4. The van der Waals surface area contributed by atoms with Gasteiger partial charge in [0.25, 0.3) is 5.91 Å². The summed E-state index contributed by atoms with van der Waals surface area (Å²) < 4.78 is 5.25. The Morgan fingerprint density at radius 1 is 1.40 bits per heavy atom. The van der Waals surface area contributed by atoms with Gasteiger partial charge in [0.05, 0.1) is 0 Å². The summed E-state index contributed by atoms with van der Waals surface area (Å²) in [7, 11) is 0. The molecule has 2 rings (SSSR count). The topological polar surface area (TPSA) is 79.5 Å². The molecule has 1 heterocycles. The Bertz CT molecular complexity index is 498. The van der Waals surface area contributed by atoms with Crippen LogP contribution in [0.2, 0.25) is 0 Å². The summed E-state index contributed by atoms with van der Waals surface area (Å²) in [6.45, 7) is 3.86. The average Bonchev–Trinajstić information content (AvgIpc) is 2.86. The molecule has 0 bridgehead atoms. The van der Waals surface area contributed by atoms with Crippen molar-refractivity contribution in [2.45, 2.75) is 51.5 Å². The van der Waals surface area contributed by atoms with Gasteiger partial charge in [-0.2, -0.15) is 0 Å². The monoisotopic (exact) mass is 279 g/mol. The van der Waals surface area contributed by atoms with Crippen LogP contribution in [0.4, 0.5) is 0 Å². The largest absolute Gasteiger partial charge is 0.480 e. The van der Waals surface area contributed by atoms with Crippen LogP contribution in [0, 0.1) is 12.8 Å². The van der Waals surface area contributed by atoms with Crippen LogP contribution in [0.5, 0.6) is 0 Å². The molecule has 1 aromatic rings. The minimum atomic E-state index is -1.15. The molecular weight excluding hydrogens is 258 g/mol. The maximum Gasteiger partial charge on any atom is 0.329 e. The van der Waals surface area contributed by atoms with Crippen molar-refractivity contribution in [2.24, 2.45) is 5.92 Å². The summed E-state index contributed by atoms with van der Waals surface area (Å²) in [4.78, 5) is 23.7. The number of aliphatic carboxylic acids is 1. The first-order valence-corrected chi connectivity index (χ1v) is 7.09. The fraction of sp³-hybridized carbons (Fsp3) is 0.600. The minimum Gasteiger partial charge on any atom is -0.480 e. The molecule has 1 aromatic heterocycles. The highest BCUT2D eigenvalue weighted by atomic mass is 16.4. The van der Waals surface area contributed by atoms with Crippen LogP contribution < -0.4 is 5.32 Å². The number of hydrogen-bond donors (Lipinski definition) is 2. The third kappa shape index (κ3) is 2.86. The van der Waals surface area contributed by atoms with Crippen LogP contribution in [0.3, 0.4) is 0 Å². The molecule has 5 heteroatoms. The standard InChI is InChI=1S/C15H21NO4/c1-3-11-6-8-15(9-7-11,14(18)19)16-13(17)12-5-4-10(2)20-12/h4-5,11H,3,6-9H2,1-2H3,(H,16,17)(H,18,19). The van der Waals surface area contributed by atoms with Gasteiger partial charge >= 0.3 is 5.97 Å². The van der Waals surface area contributed by atoms with Crippen molar-refractivity contribution in [3.8, 4) is 0 Å². The van der Waals surface area contributed by atoms with E-state index in [2.05, 4.69) is 12.2 Å². The Morgan fingerprint density at radius 3 is 2.50 bits per heavy atom. The van der Waals surface area contributed by atoms with Gasteiger partial charge in [-0.3, -0.25) is 4.79 Å². The molecule has 1 aliphatic rings. The van der Waals surface area contributed by atoms with E-state index in [4.69, 9.17) is 4.42 Å². The maximum absolute atomic E-state index is 12.1. The van der Waals surface area contributed by atoms with E-state index in [0.717, 1.165) is 19.3 Å². The summed E-state index contributed by atoms with van der Waals surface area (Å²) in [5.41, 5.74) is -1.15. The molecule has 0 aromatic carbocycles. The van der Waals surface area contributed by atoms with Crippen molar-refractivity contribution in [1.29, 1.82) is 0 Å². The molecule has 5 nitrogen and oxygen atoms in total. The van der Waals surface area contributed by atoms with E-state index in [1.165, 1.54) is 0 Å². The van der Waals surface area contributed by atoms with Crippen LogP contribution in [0.1, 0.15) is 55.3 Å². The first kappa shape index (κ1) is 14.6. The van der Waals surface area contributed by atoms with Gasteiger partial charge in [0, 0.05) is 0 Å². The van der Waals surface area contributed by atoms with Crippen LogP contribution in [0.15, 0.2) is 16.5 Å². The highest BCUT2D eigenvalue weighted by Gasteiger charge is 2.43. The number of hydrogen-bond acceptors (Lipinski definition) is 3. The molecule has 0 atom stereocenters. The van der Waals surface area contributed by atoms with Crippen molar-refractivity contribution in [2.75, 3.05) is 0 Å². The van der Waals surface area contributed by atoms with Crippen molar-refractivity contribution in [1.82, 2.24) is 5.32 Å². The van der Waals surface area contributed by atoms with Gasteiger partial charge in [-0.25, -0.2) is 4.79 Å². The second-order valence-corrected chi connectivity index (χ2v) is 5.60. The van der Waals surface area contributed by atoms with Crippen LogP contribution in [-0.4, -0.2) is 22.5 Å². The quantitative estimate of drug-likeness (QED) is 0.888. The smallest absolute Gasteiger partial charge is 0.329 e. The normalized spacial score (nSPS) is 26.2. The third-order valence-electron chi connectivity index (χ3n) is 4.26. The highest BCUT2D eigenvalue weighted by molar-refractivity contribution is 5.95. The van der Waals surface area contributed by atoms with Crippen LogP contribution in [0.25, 0.3) is 0 Å². The number of nitrogens with one attached hydrogen (secondary N) is 1. The van der Waals surface area contributed by atoms with Crippen molar-refractivity contribution in [3.05, 3.63) is 23.7 Å². The molecule has 1 saturated carbocycles. The lowest BCUT2D eigenvalue weighted by molar-refractivity contribution is -0.146. The molecule has 0 spiro atoms. The Balaban J connectivity index is 2.10. The average molecular weight is 279 g/mol. The Hall–Kier alpha value is -1.78. The predicted molar refractivity (Wildman–Crippen MR) is 73.5 cm³/mol. The fourth-order valence-corrected chi connectivity index (χ4v) is 2.81. The number of aryl methyl sites for hydroxylation is 1. The Morgan fingerprint density at radius 2 is 2.05 bits per heavy atom. The third-order valence-corrected chi connectivity index (χ3v) is 4.26. The lowest BCUT2D eigenvalue weighted by Gasteiger charge is -2.36. The fourth-order valence-electron chi connectivity index (χ4n) is 2.81. The zero-order chi connectivity index (χ0) is 14.8. The second-order valence-electron chi connectivity index (χ2n) is 5.60. The van der Waals surface area contributed by atoms with E-state index in [9.17, 15) is 14.7 Å². The van der Waals surface area contributed by atoms with Gasteiger partial charge in [0.2, 0.25) is 0 Å². The number of furan rings is 1. The highest BCUT2D eigenvalue weighted by Crippen LogP contribution is 2.34. The number of amides is 1. The van der Waals surface area contributed by atoms with E-state index >= 15 is 0 Å². The van der Waals surface area contributed by atoms with Gasteiger partial charge < -0.3 is 14.8 Å². The Labute approximate surface area is 118 Å². The SMILES string of the molecule is CCC1CCC(NC(=O)c2ccc(C)o2)(C(=O)O)CC1. The first-order chi connectivity index (χ1) is 9.47.